The van der Waals surface area contributed by atoms with E-state index >= 15 is 0 Å². The van der Waals surface area contributed by atoms with Crippen LogP contribution in [0, 0.1) is 10.1 Å². The molecule has 0 radical (unpaired) electrons. The van der Waals surface area contributed by atoms with Crippen LogP contribution < -0.4 is 10.6 Å². The Morgan fingerprint density at radius 3 is 2.94 bits per heavy atom. The fraction of sp³-hybridized carbons (Fsp3) is 0.556. The summed E-state index contributed by atoms with van der Waals surface area (Å²) < 4.78 is 1.24. The van der Waals surface area contributed by atoms with Crippen molar-refractivity contribution in [1.82, 2.24) is 20.4 Å². The number of nitro groups is 1. The summed E-state index contributed by atoms with van der Waals surface area (Å²) in [7, 11) is 1.84. The van der Waals surface area contributed by atoms with E-state index in [0.29, 0.717) is 6.54 Å². The van der Waals surface area contributed by atoms with E-state index < -0.39 is 4.92 Å². The Morgan fingerprint density at radius 2 is 2.35 bits per heavy atom. The van der Waals surface area contributed by atoms with E-state index in [2.05, 4.69) is 15.7 Å². The molecule has 1 aromatic rings. The lowest BCUT2D eigenvalue weighted by Gasteiger charge is -2.03. The van der Waals surface area contributed by atoms with Crippen LogP contribution in [0.4, 0.5) is 5.82 Å². The summed E-state index contributed by atoms with van der Waals surface area (Å²) in [4.78, 5) is 21.2. The van der Waals surface area contributed by atoms with Crippen molar-refractivity contribution in [3.05, 3.63) is 22.4 Å². The molecule has 0 atom stereocenters. The van der Waals surface area contributed by atoms with Crippen molar-refractivity contribution in [3.8, 4) is 0 Å². The summed E-state index contributed by atoms with van der Waals surface area (Å²) in [6.07, 6.45) is 2.24. The van der Waals surface area contributed by atoms with Gasteiger partial charge in [0.1, 0.15) is 6.54 Å². The molecule has 17 heavy (non-hydrogen) atoms. The minimum atomic E-state index is -0.596. The van der Waals surface area contributed by atoms with E-state index in [1.165, 1.54) is 16.9 Å². The largest absolute Gasteiger partial charge is 0.389 e. The number of aromatic nitrogens is 2. The maximum atomic E-state index is 11.4. The number of hydrogen-bond donors (Lipinski definition) is 2. The first-order valence-electron chi connectivity index (χ1n) is 5.22. The summed E-state index contributed by atoms with van der Waals surface area (Å²) in [6.45, 7) is 1.39. The molecule has 0 saturated heterocycles. The maximum absolute atomic E-state index is 11.4. The molecule has 1 aromatic heterocycles. The molecule has 0 bridgehead atoms. The minimum Gasteiger partial charge on any atom is -0.358 e. The third-order valence-corrected chi connectivity index (χ3v) is 2.04. The van der Waals surface area contributed by atoms with Crippen LogP contribution in [0.15, 0.2) is 12.3 Å². The molecule has 0 saturated carbocycles. The van der Waals surface area contributed by atoms with Gasteiger partial charge >= 0.3 is 5.82 Å². The van der Waals surface area contributed by atoms with Gasteiger partial charge in [0.25, 0.3) is 0 Å². The Labute approximate surface area is 98.1 Å². The summed E-state index contributed by atoms with van der Waals surface area (Å²) >= 11 is 0. The third kappa shape index (κ3) is 4.60. The Morgan fingerprint density at radius 1 is 1.59 bits per heavy atom. The summed E-state index contributed by atoms with van der Waals surface area (Å²) in [5.74, 6) is -0.466. The molecule has 8 nitrogen and oxygen atoms in total. The second-order valence-electron chi connectivity index (χ2n) is 3.44. The zero-order valence-electron chi connectivity index (χ0n) is 9.55. The first kappa shape index (κ1) is 13.1. The van der Waals surface area contributed by atoms with Gasteiger partial charge in [0.05, 0.1) is 17.4 Å². The fourth-order valence-corrected chi connectivity index (χ4v) is 1.23. The number of rotatable bonds is 7. The van der Waals surface area contributed by atoms with Crippen LogP contribution in [0.5, 0.6) is 0 Å². The van der Waals surface area contributed by atoms with E-state index in [4.69, 9.17) is 0 Å². The van der Waals surface area contributed by atoms with Crippen molar-refractivity contribution >= 4 is 11.7 Å². The van der Waals surface area contributed by atoms with Gasteiger partial charge < -0.3 is 20.7 Å². The lowest BCUT2D eigenvalue weighted by atomic mass is 10.4. The van der Waals surface area contributed by atoms with E-state index in [0.717, 1.165) is 13.0 Å². The van der Waals surface area contributed by atoms with Crippen LogP contribution in [-0.2, 0) is 11.3 Å². The third-order valence-electron chi connectivity index (χ3n) is 2.04. The molecule has 1 amide bonds. The smallest absolute Gasteiger partial charge is 0.358 e. The summed E-state index contributed by atoms with van der Waals surface area (Å²) in [5, 5.41) is 19.7. The van der Waals surface area contributed by atoms with Gasteiger partial charge in [-0.25, -0.2) is 0 Å². The molecule has 0 spiro atoms. The van der Waals surface area contributed by atoms with E-state index in [1.54, 1.807) is 0 Å². The zero-order chi connectivity index (χ0) is 12.7. The number of carbonyl (C=O) groups excluding carboxylic acids is 1. The van der Waals surface area contributed by atoms with Gasteiger partial charge in [0.15, 0.2) is 0 Å². The predicted molar refractivity (Wildman–Crippen MR) is 60.4 cm³/mol. The Hall–Kier alpha value is -1.96. The first-order valence-corrected chi connectivity index (χ1v) is 5.22. The molecule has 0 fully saturated rings. The minimum absolute atomic E-state index is 0.00655. The summed E-state index contributed by atoms with van der Waals surface area (Å²) in [6, 6.07) is 1.26. The quantitative estimate of drug-likeness (QED) is 0.381. The van der Waals surface area contributed by atoms with Crippen molar-refractivity contribution in [2.24, 2.45) is 0 Å². The number of nitrogens with one attached hydrogen (secondary N) is 2. The first-order chi connectivity index (χ1) is 8.13. The van der Waals surface area contributed by atoms with Crippen LogP contribution in [0.25, 0.3) is 0 Å². The molecule has 0 aliphatic carbocycles. The standard InChI is InChI=1S/C9H15N5O3/c1-10-4-2-5-11-9(15)7-13-6-3-8(12-13)14(16)17/h3,6,10H,2,4-5,7H2,1H3,(H,11,15). The van der Waals surface area contributed by atoms with Crippen LogP contribution in [0.3, 0.4) is 0 Å². The monoisotopic (exact) mass is 241 g/mol. The molecule has 94 valence electrons. The van der Waals surface area contributed by atoms with Gasteiger partial charge in [-0.1, -0.05) is 0 Å². The highest BCUT2D eigenvalue weighted by atomic mass is 16.6. The number of hydrogen-bond acceptors (Lipinski definition) is 5. The van der Waals surface area contributed by atoms with Crippen LogP contribution in [0.2, 0.25) is 0 Å². The van der Waals surface area contributed by atoms with E-state index in [1.807, 2.05) is 7.05 Å². The van der Waals surface area contributed by atoms with Gasteiger partial charge in [0.2, 0.25) is 5.91 Å². The molecule has 2 N–H and O–H groups in total. The average molecular weight is 241 g/mol. The highest BCUT2D eigenvalue weighted by Gasteiger charge is 2.12. The molecular formula is C9H15N5O3. The maximum Gasteiger partial charge on any atom is 0.389 e. The Bertz CT molecular complexity index is 390. The fourth-order valence-electron chi connectivity index (χ4n) is 1.23. The van der Waals surface area contributed by atoms with Crippen LogP contribution in [-0.4, -0.2) is 40.7 Å². The summed E-state index contributed by atoms with van der Waals surface area (Å²) in [5.41, 5.74) is 0. The van der Waals surface area contributed by atoms with E-state index in [9.17, 15) is 14.9 Å². The molecule has 0 unspecified atom stereocenters. The normalized spacial score (nSPS) is 10.2. The number of carbonyl (C=O) groups is 1. The van der Waals surface area contributed by atoms with Crippen molar-refractivity contribution < 1.29 is 9.72 Å². The second-order valence-corrected chi connectivity index (χ2v) is 3.44. The molecule has 0 aromatic carbocycles. The van der Waals surface area contributed by atoms with Gasteiger partial charge in [-0.3, -0.25) is 4.79 Å². The van der Waals surface area contributed by atoms with Crippen molar-refractivity contribution in [3.63, 3.8) is 0 Å². The SMILES string of the molecule is CNCCCNC(=O)Cn1ccc([N+](=O)[O-])n1. The highest BCUT2D eigenvalue weighted by molar-refractivity contribution is 5.75. The molecular weight excluding hydrogens is 226 g/mol. The van der Waals surface area contributed by atoms with Crippen molar-refractivity contribution in [2.75, 3.05) is 20.1 Å². The molecule has 1 rings (SSSR count). The van der Waals surface area contributed by atoms with Gasteiger partial charge in [-0.15, -0.1) is 0 Å². The van der Waals surface area contributed by atoms with Gasteiger partial charge in [-0.2, -0.15) is 4.68 Å². The average Bonchev–Trinajstić information content (AvgIpc) is 2.73. The van der Waals surface area contributed by atoms with Crippen molar-refractivity contribution in [2.45, 2.75) is 13.0 Å². The number of amides is 1. The van der Waals surface area contributed by atoms with Gasteiger partial charge in [-0.05, 0) is 24.9 Å². The van der Waals surface area contributed by atoms with E-state index in [-0.39, 0.29) is 18.3 Å². The molecule has 1 heterocycles. The Kier molecular flexibility index (Phi) is 5.08. The lowest BCUT2D eigenvalue weighted by molar-refractivity contribution is -0.389. The number of nitrogens with zero attached hydrogens (tertiary/aromatic N) is 3. The van der Waals surface area contributed by atoms with Gasteiger partial charge in [0, 0.05) is 6.54 Å². The Balaban J connectivity index is 2.32. The van der Waals surface area contributed by atoms with Crippen LogP contribution >= 0.6 is 0 Å². The second kappa shape index (κ2) is 6.59. The highest BCUT2D eigenvalue weighted by Crippen LogP contribution is 2.04. The van der Waals surface area contributed by atoms with Crippen LogP contribution in [0.1, 0.15) is 6.42 Å². The topological polar surface area (TPSA) is 102 Å². The predicted octanol–water partition coefficient (Wildman–Crippen LogP) is -0.483. The zero-order valence-corrected chi connectivity index (χ0v) is 9.55. The molecule has 0 aliphatic rings. The lowest BCUT2D eigenvalue weighted by Crippen LogP contribution is -2.30. The van der Waals surface area contributed by atoms with Crippen molar-refractivity contribution in [1.29, 1.82) is 0 Å². The molecule has 0 aliphatic heterocycles. The molecule has 8 heteroatoms.